The van der Waals surface area contributed by atoms with Crippen LogP contribution < -0.4 is 10.2 Å². The molecule has 128 valence electrons. The second-order valence-electron chi connectivity index (χ2n) is 5.85. The molecule has 0 amide bonds. The Morgan fingerprint density at radius 1 is 1.35 bits per heavy atom. The molecule has 0 unspecified atom stereocenters. The molecule has 0 spiro atoms. The molecule has 23 heavy (non-hydrogen) atoms. The van der Waals surface area contributed by atoms with E-state index in [0.29, 0.717) is 12.5 Å². The van der Waals surface area contributed by atoms with Gasteiger partial charge in [-0.15, -0.1) is 0 Å². The molecule has 6 heteroatoms. The third kappa shape index (κ3) is 4.43. The molecular weight excluding hydrogens is 296 g/mol. The number of carboxylic acids is 1. The molecule has 0 atom stereocenters. The largest absolute Gasteiger partial charge is 0.478 e. The SMILES string of the molecule is COC(Cc1cc(C(=O)O)ccc1N(C)C1CCNCC1)OC. The molecular formula is C17H26N2O4. The van der Waals surface area contributed by atoms with Crippen LogP contribution in [-0.4, -0.2) is 57.8 Å². The van der Waals surface area contributed by atoms with Crippen LogP contribution >= 0.6 is 0 Å². The summed E-state index contributed by atoms with van der Waals surface area (Å²) in [5.41, 5.74) is 2.26. The molecule has 0 radical (unpaired) electrons. The monoisotopic (exact) mass is 322 g/mol. The number of ether oxygens (including phenoxy) is 2. The highest BCUT2D eigenvalue weighted by Crippen LogP contribution is 2.27. The Hall–Kier alpha value is -1.63. The van der Waals surface area contributed by atoms with E-state index < -0.39 is 5.97 Å². The van der Waals surface area contributed by atoms with Gasteiger partial charge in [-0.3, -0.25) is 0 Å². The fraction of sp³-hybridized carbons (Fsp3) is 0.588. The van der Waals surface area contributed by atoms with E-state index in [4.69, 9.17) is 9.47 Å². The highest BCUT2D eigenvalue weighted by molar-refractivity contribution is 5.88. The van der Waals surface area contributed by atoms with Crippen LogP contribution in [0.3, 0.4) is 0 Å². The smallest absolute Gasteiger partial charge is 0.335 e. The number of benzene rings is 1. The minimum absolute atomic E-state index is 0.286. The van der Waals surface area contributed by atoms with Crippen molar-refractivity contribution in [3.63, 3.8) is 0 Å². The Morgan fingerprint density at radius 2 is 2.00 bits per heavy atom. The Balaban J connectivity index is 2.30. The van der Waals surface area contributed by atoms with Crippen LogP contribution in [0.5, 0.6) is 0 Å². The van der Waals surface area contributed by atoms with Gasteiger partial charge in [0, 0.05) is 39.4 Å². The summed E-state index contributed by atoms with van der Waals surface area (Å²) in [6, 6.07) is 5.73. The number of aromatic carboxylic acids is 1. The molecule has 1 aliphatic rings. The number of nitrogens with zero attached hydrogens (tertiary/aromatic N) is 1. The van der Waals surface area contributed by atoms with E-state index in [0.717, 1.165) is 37.2 Å². The van der Waals surface area contributed by atoms with Gasteiger partial charge in [0.15, 0.2) is 6.29 Å². The van der Waals surface area contributed by atoms with Gasteiger partial charge in [0.05, 0.1) is 5.56 Å². The number of carboxylic acid groups (broad SMARTS) is 1. The normalized spacial score (nSPS) is 15.8. The van der Waals surface area contributed by atoms with Crippen LogP contribution in [-0.2, 0) is 15.9 Å². The molecule has 6 nitrogen and oxygen atoms in total. The van der Waals surface area contributed by atoms with Crippen molar-refractivity contribution in [3.8, 4) is 0 Å². The van der Waals surface area contributed by atoms with Crippen molar-refractivity contribution in [3.05, 3.63) is 29.3 Å². The maximum absolute atomic E-state index is 11.3. The van der Waals surface area contributed by atoms with Gasteiger partial charge in [-0.05, 0) is 49.7 Å². The molecule has 0 bridgehead atoms. The lowest BCUT2D eigenvalue weighted by Crippen LogP contribution is -2.41. The number of piperidine rings is 1. The predicted octanol–water partition coefficient (Wildman–Crippen LogP) is 1.73. The Bertz CT molecular complexity index is 525. The van der Waals surface area contributed by atoms with Gasteiger partial charge in [-0.25, -0.2) is 4.79 Å². The first kappa shape index (κ1) is 17.7. The lowest BCUT2D eigenvalue weighted by molar-refractivity contribution is -0.100. The first-order valence-corrected chi connectivity index (χ1v) is 7.92. The molecule has 2 N–H and O–H groups in total. The van der Waals surface area contributed by atoms with E-state index >= 15 is 0 Å². The molecule has 0 aromatic heterocycles. The third-order valence-corrected chi connectivity index (χ3v) is 4.48. The van der Waals surface area contributed by atoms with Crippen LogP contribution in [0.4, 0.5) is 5.69 Å². The first-order chi connectivity index (χ1) is 11.1. The number of nitrogens with one attached hydrogen (secondary N) is 1. The maximum atomic E-state index is 11.3. The maximum Gasteiger partial charge on any atom is 0.335 e. The zero-order valence-corrected chi connectivity index (χ0v) is 14.0. The third-order valence-electron chi connectivity index (χ3n) is 4.48. The highest BCUT2D eigenvalue weighted by Gasteiger charge is 2.22. The summed E-state index contributed by atoms with van der Waals surface area (Å²) in [6.07, 6.45) is 2.28. The summed E-state index contributed by atoms with van der Waals surface area (Å²) < 4.78 is 10.6. The van der Waals surface area contributed by atoms with Crippen LogP contribution in [0.1, 0.15) is 28.8 Å². The minimum Gasteiger partial charge on any atom is -0.478 e. The Morgan fingerprint density at radius 3 is 2.57 bits per heavy atom. The second kappa shape index (κ2) is 8.29. The van der Waals surface area contributed by atoms with E-state index in [1.54, 1.807) is 26.4 Å². The van der Waals surface area contributed by atoms with Crippen molar-refractivity contribution in [2.24, 2.45) is 0 Å². The molecule has 2 rings (SSSR count). The molecule has 1 saturated heterocycles. The minimum atomic E-state index is -0.922. The summed E-state index contributed by atoms with van der Waals surface area (Å²) in [6.45, 7) is 2.02. The van der Waals surface area contributed by atoms with Crippen molar-refractivity contribution in [1.29, 1.82) is 0 Å². The Labute approximate surface area is 137 Å². The highest BCUT2D eigenvalue weighted by atomic mass is 16.7. The standard InChI is InChI=1S/C17H26N2O4/c1-19(14-6-8-18-9-7-14)15-5-4-12(17(20)21)10-13(15)11-16(22-2)23-3/h4-5,10,14,16,18H,6-9,11H2,1-3H3,(H,20,21). The quantitative estimate of drug-likeness (QED) is 0.745. The number of anilines is 1. The van der Waals surface area contributed by atoms with E-state index in [1.165, 1.54) is 0 Å². The fourth-order valence-electron chi connectivity index (χ4n) is 3.06. The van der Waals surface area contributed by atoms with Crippen LogP contribution in [0, 0.1) is 0 Å². The van der Waals surface area contributed by atoms with Gasteiger partial charge in [-0.1, -0.05) is 0 Å². The van der Waals surface area contributed by atoms with Crippen molar-refractivity contribution in [1.82, 2.24) is 5.32 Å². The molecule has 1 heterocycles. The van der Waals surface area contributed by atoms with Crippen molar-refractivity contribution in [2.45, 2.75) is 31.6 Å². The number of methoxy groups -OCH3 is 2. The number of carbonyl (C=O) groups is 1. The van der Waals surface area contributed by atoms with Crippen molar-refractivity contribution >= 4 is 11.7 Å². The molecule has 1 fully saturated rings. The fourth-order valence-corrected chi connectivity index (χ4v) is 3.06. The van der Waals surface area contributed by atoms with Crippen molar-refractivity contribution in [2.75, 3.05) is 39.3 Å². The average Bonchev–Trinajstić information content (AvgIpc) is 2.59. The molecule has 1 aromatic carbocycles. The van der Waals surface area contributed by atoms with Gasteiger partial charge in [0.25, 0.3) is 0 Å². The molecule has 0 aliphatic carbocycles. The number of hydrogen-bond donors (Lipinski definition) is 2. The summed E-state index contributed by atoms with van der Waals surface area (Å²) in [5, 5.41) is 12.6. The van der Waals surface area contributed by atoms with Crippen molar-refractivity contribution < 1.29 is 19.4 Å². The van der Waals surface area contributed by atoms with Gasteiger partial charge in [-0.2, -0.15) is 0 Å². The molecule has 1 aromatic rings. The van der Waals surface area contributed by atoms with Gasteiger partial charge < -0.3 is 24.8 Å². The predicted molar refractivity (Wildman–Crippen MR) is 89.2 cm³/mol. The summed E-state index contributed by atoms with van der Waals surface area (Å²) >= 11 is 0. The van der Waals surface area contributed by atoms with E-state index in [9.17, 15) is 9.90 Å². The first-order valence-electron chi connectivity index (χ1n) is 7.92. The zero-order valence-electron chi connectivity index (χ0n) is 14.0. The number of rotatable bonds is 7. The zero-order chi connectivity index (χ0) is 16.8. The lowest BCUT2D eigenvalue weighted by Gasteiger charge is -2.35. The molecule has 1 aliphatic heterocycles. The average molecular weight is 322 g/mol. The van der Waals surface area contributed by atoms with Gasteiger partial charge in [0.1, 0.15) is 0 Å². The summed E-state index contributed by atoms with van der Waals surface area (Å²) in [5.74, 6) is -0.922. The topological polar surface area (TPSA) is 71.0 Å². The van der Waals surface area contributed by atoms with E-state index in [2.05, 4.69) is 17.3 Å². The summed E-state index contributed by atoms with van der Waals surface area (Å²) in [4.78, 5) is 13.5. The lowest BCUT2D eigenvalue weighted by atomic mass is 10.00. The van der Waals surface area contributed by atoms with E-state index in [-0.39, 0.29) is 11.9 Å². The van der Waals surface area contributed by atoms with Crippen LogP contribution in [0.2, 0.25) is 0 Å². The van der Waals surface area contributed by atoms with Crippen LogP contribution in [0.15, 0.2) is 18.2 Å². The second-order valence-corrected chi connectivity index (χ2v) is 5.85. The van der Waals surface area contributed by atoms with Gasteiger partial charge >= 0.3 is 5.97 Å². The van der Waals surface area contributed by atoms with Gasteiger partial charge in [0.2, 0.25) is 0 Å². The van der Waals surface area contributed by atoms with Crippen LogP contribution in [0.25, 0.3) is 0 Å². The van der Waals surface area contributed by atoms with E-state index in [1.807, 2.05) is 6.07 Å². The number of hydrogen-bond acceptors (Lipinski definition) is 5. The molecule has 0 saturated carbocycles. The Kier molecular flexibility index (Phi) is 6.38. The summed E-state index contributed by atoms with van der Waals surface area (Å²) in [7, 11) is 5.25.